The van der Waals surface area contributed by atoms with E-state index < -0.39 is 18.1 Å². The predicted molar refractivity (Wildman–Crippen MR) is 218 cm³/mol. The van der Waals surface area contributed by atoms with Gasteiger partial charge in [-0.05, 0) is 58.8 Å². The van der Waals surface area contributed by atoms with E-state index in [2.05, 4.69) is 108 Å². The van der Waals surface area contributed by atoms with Crippen molar-refractivity contribution in [1.82, 2.24) is 15.0 Å². The topological polar surface area (TPSA) is 41.9 Å². The molecule has 11 rings (SSSR count). The minimum absolute atomic E-state index is 0.00669. The van der Waals surface area contributed by atoms with Crippen molar-refractivity contribution in [1.29, 1.82) is 0 Å². The van der Waals surface area contributed by atoms with Crippen LogP contribution in [0.2, 0.25) is 0 Å². The lowest BCUT2D eigenvalue weighted by Gasteiger charge is -2.34. The summed E-state index contributed by atoms with van der Waals surface area (Å²) in [6, 6.07) is 46.0. The van der Waals surface area contributed by atoms with Gasteiger partial charge in [-0.15, -0.1) is 11.3 Å². The Labute approximate surface area is 311 Å². The van der Waals surface area contributed by atoms with Gasteiger partial charge in [0.05, 0.1) is 18.2 Å². The molecule has 0 amide bonds. The molecule has 4 nitrogen and oxygen atoms in total. The Bertz CT molecular complexity index is 3290. The fourth-order valence-electron chi connectivity index (χ4n) is 7.57. The predicted octanol–water partition coefficient (Wildman–Crippen LogP) is 13.0. The largest absolute Gasteiger partial charge is 0.309 e. The molecule has 0 bridgehead atoms. The van der Waals surface area contributed by atoms with Gasteiger partial charge < -0.3 is 4.90 Å². The van der Waals surface area contributed by atoms with Gasteiger partial charge in [0.1, 0.15) is 0 Å². The second-order valence-corrected chi connectivity index (χ2v) is 13.9. The fourth-order valence-corrected chi connectivity index (χ4v) is 8.71. The van der Waals surface area contributed by atoms with Gasteiger partial charge in [-0.2, -0.15) is 0 Å². The molecule has 2 aromatic heterocycles. The summed E-state index contributed by atoms with van der Waals surface area (Å²) >= 11 is 1.68. The SMILES string of the molecule is [2H]c1c([2H])c([2H])c(-c2nc(-c3ccc(N4c5c(ccc6ccccc56)-c5cccc6cccc4c56)cc3)nc(-c3ccc4c(c3)sc3ccccc34)n2)c([2H])c1[2H]. The first kappa shape index (κ1) is 24.5. The number of rotatable bonds is 4. The normalized spacial score (nSPS) is 13.5. The monoisotopic (exact) mass is 685 g/mol. The molecular weight excluding hydrogens is 653 g/mol. The van der Waals surface area contributed by atoms with Crippen LogP contribution in [0.5, 0.6) is 0 Å². The standard InChI is InChI=1S/C47H28N4S/c1-2-11-31(12-3-1)45-48-46(50-47(49-45)33-23-26-37-36-16-6-7-19-41(36)52-42(37)28-33)32-20-24-34(25-21-32)51-40-18-9-14-30-13-8-17-38(43(30)40)39-27-22-29-10-4-5-15-35(29)44(39)51/h1-28H/i1D,2D,3D,11D,12D. The Balaban J connectivity index is 1.10. The highest BCUT2D eigenvalue weighted by Crippen LogP contribution is 2.53. The van der Waals surface area contributed by atoms with Crippen molar-refractivity contribution in [2.24, 2.45) is 0 Å². The lowest BCUT2D eigenvalue weighted by atomic mass is 9.88. The average Bonchev–Trinajstić information content (AvgIpc) is 3.63. The van der Waals surface area contributed by atoms with Gasteiger partial charge in [0.25, 0.3) is 0 Å². The highest BCUT2D eigenvalue weighted by molar-refractivity contribution is 7.25. The second-order valence-electron chi connectivity index (χ2n) is 12.9. The van der Waals surface area contributed by atoms with E-state index in [1.165, 1.54) is 21.0 Å². The zero-order valence-corrected chi connectivity index (χ0v) is 28.3. The Hall–Kier alpha value is -6.69. The third-order valence-electron chi connectivity index (χ3n) is 9.92. The molecular formula is C47H28N4S. The molecule has 1 aliphatic rings. The molecule has 0 saturated carbocycles. The maximum absolute atomic E-state index is 8.77. The number of fused-ring (bicyclic) bond motifs is 7. The number of nitrogens with zero attached hydrogens (tertiary/aromatic N) is 4. The molecule has 0 aliphatic carbocycles. The molecule has 8 aromatic carbocycles. The fraction of sp³-hybridized carbons (Fsp3) is 0. The van der Waals surface area contributed by atoms with Gasteiger partial charge in [0.15, 0.2) is 17.5 Å². The van der Waals surface area contributed by atoms with E-state index in [4.69, 9.17) is 21.8 Å². The van der Waals surface area contributed by atoms with Crippen molar-refractivity contribution in [3.63, 3.8) is 0 Å². The van der Waals surface area contributed by atoms with Crippen molar-refractivity contribution in [3.05, 3.63) is 170 Å². The third kappa shape index (κ3) is 4.50. The summed E-state index contributed by atoms with van der Waals surface area (Å²) in [5, 5.41) is 6.94. The van der Waals surface area contributed by atoms with Crippen molar-refractivity contribution in [2.45, 2.75) is 0 Å². The molecule has 3 heterocycles. The number of hydrogen-bond donors (Lipinski definition) is 0. The minimum Gasteiger partial charge on any atom is -0.309 e. The summed E-state index contributed by atoms with van der Waals surface area (Å²) < 4.78 is 44.8. The van der Waals surface area contributed by atoms with Crippen LogP contribution in [0.1, 0.15) is 6.85 Å². The summed E-state index contributed by atoms with van der Waals surface area (Å²) in [7, 11) is 0. The lowest BCUT2D eigenvalue weighted by molar-refractivity contribution is 1.07. The smallest absolute Gasteiger partial charge is 0.164 e. The maximum Gasteiger partial charge on any atom is 0.164 e. The zero-order valence-electron chi connectivity index (χ0n) is 32.5. The lowest BCUT2D eigenvalue weighted by Crippen LogP contribution is -2.15. The first-order valence-electron chi connectivity index (χ1n) is 19.5. The number of anilines is 3. The molecule has 0 spiro atoms. The average molecular weight is 686 g/mol. The molecule has 0 unspecified atom stereocenters. The van der Waals surface area contributed by atoms with Gasteiger partial charge in [-0.3, -0.25) is 0 Å². The van der Waals surface area contributed by atoms with Crippen LogP contribution in [-0.4, -0.2) is 15.0 Å². The van der Waals surface area contributed by atoms with Crippen molar-refractivity contribution < 1.29 is 6.85 Å². The number of hydrogen-bond acceptors (Lipinski definition) is 5. The van der Waals surface area contributed by atoms with E-state index in [0.717, 1.165) is 54.4 Å². The maximum atomic E-state index is 8.77. The van der Waals surface area contributed by atoms with Gasteiger partial charge >= 0.3 is 0 Å². The van der Waals surface area contributed by atoms with Crippen LogP contribution in [-0.2, 0) is 0 Å². The van der Waals surface area contributed by atoms with E-state index >= 15 is 0 Å². The third-order valence-corrected chi connectivity index (χ3v) is 11.1. The van der Waals surface area contributed by atoms with Crippen LogP contribution in [0.15, 0.2) is 170 Å². The van der Waals surface area contributed by atoms with Crippen LogP contribution < -0.4 is 4.90 Å². The highest BCUT2D eigenvalue weighted by atomic mass is 32.1. The number of thiophene rings is 1. The molecule has 1 aliphatic heterocycles. The Morgan fingerprint density at radius 3 is 2.00 bits per heavy atom. The van der Waals surface area contributed by atoms with Crippen LogP contribution in [0.25, 0.3) is 87.0 Å². The van der Waals surface area contributed by atoms with E-state index in [0.29, 0.717) is 17.2 Å². The quantitative estimate of drug-likeness (QED) is 0.185. The van der Waals surface area contributed by atoms with Gasteiger partial charge in [0.2, 0.25) is 0 Å². The number of aromatic nitrogens is 3. The van der Waals surface area contributed by atoms with Crippen LogP contribution in [0.3, 0.4) is 0 Å². The van der Waals surface area contributed by atoms with Crippen LogP contribution in [0.4, 0.5) is 17.1 Å². The molecule has 0 radical (unpaired) electrons. The summed E-state index contributed by atoms with van der Waals surface area (Å²) in [4.78, 5) is 16.9. The van der Waals surface area contributed by atoms with E-state index in [1.807, 2.05) is 36.4 Å². The molecule has 0 atom stereocenters. The summed E-state index contributed by atoms with van der Waals surface area (Å²) in [6.45, 7) is 0. The molecule has 0 N–H and O–H groups in total. The van der Waals surface area contributed by atoms with Crippen LogP contribution >= 0.6 is 11.3 Å². The number of benzene rings is 8. The Morgan fingerprint density at radius 1 is 0.481 bits per heavy atom. The molecule has 0 saturated heterocycles. The molecule has 10 aromatic rings. The van der Waals surface area contributed by atoms with Crippen molar-refractivity contribution in [3.8, 4) is 45.3 Å². The van der Waals surface area contributed by atoms with E-state index in [9.17, 15) is 0 Å². The Morgan fingerprint density at radius 2 is 1.15 bits per heavy atom. The molecule has 52 heavy (non-hydrogen) atoms. The van der Waals surface area contributed by atoms with Crippen LogP contribution in [0, 0.1) is 0 Å². The van der Waals surface area contributed by atoms with Crippen molar-refractivity contribution >= 4 is 70.1 Å². The zero-order chi connectivity index (χ0) is 38.5. The van der Waals surface area contributed by atoms with Gasteiger partial charge in [0, 0.05) is 58.9 Å². The molecule has 242 valence electrons. The van der Waals surface area contributed by atoms with Gasteiger partial charge in [-0.1, -0.05) is 127 Å². The van der Waals surface area contributed by atoms with E-state index in [-0.39, 0.29) is 23.5 Å². The summed E-state index contributed by atoms with van der Waals surface area (Å²) in [6.07, 6.45) is 0. The summed E-state index contributed by atoms with van der Waals surface area (Å²) in [5.41, 5.74) is 6.84. The second kappa shape index (κ2) is 11.4. The van der Waals surface area contributed by atoms with Crippen molar-refractivity contribution in [2.75, 3.05) is 4.90 Å². The minimum atomic E-state index is -0.473. The van der Waals surface area contributed by atoms with Gasteiger partial charge in [-0.25, -0.2) is 15.0 Å². The highest BCUT2D eigenvalue weighted by Gasteiger charge is 2.27. The van der Waals surface area contributed by atoms with E-state index in [1.54, 1.807) is 11.3 Å². The molecule has 0 fully saturated rings. The first-order valence-corrected chi connectivity index (χ1v) is 17.9. The first-order chi connectivity index (χ1) is 27.8. The molecule has 5 heteroatoms. The Kier molecular flexibility index (Phi) is 5.37. The summed E-state index contributed by atoms with van der Waals surface area (Å²) in [5.74, 6) is 0.666.